The molecule has 1 atom stereocenters. The number of hydrogen-bond acceptors (Lipinski definition) is 7. The summed E-state index contributed by atoms with van der Waals surface area (Å²) in [6.45, 7) is -1.26. The largest absolute Gasteiger partial charge is 0.495 e. The maximum Gasteiger partial charge on any atom is 0.387 e. The first kappa shape index (κ1) is 22.1. The number of halogens is 2. The molecule has 0 aliphatic carbocycles. The molecule has 9 nitrogen and oxygen atoms in total. The highest BCUT2D eigenvalue weighted by atomic mass is 19.3. The average molecular weight is 457 g/mol. The minimum atomic E-state index is -3.00. The van der Waals surface area contributed by atoms with Crippen molar-refractivity contribution in [2.45, 2.75) is 19.6 Å². The van der Waals surface area contributed by atoms with Gasteiger partial charge in [-0.1, -0.05) is 18.2 Å². The van der Waals surface area contributed by atoms with Crippen molar-refractivity contribution in [1.82, 2.24) is 14.8 Å². The fraction of sp³-hybridized carbons (Fsp3) is 0.227. The fourth-order valence-corrected chi connectivity index (χ4v) is 3.68. The molecule has 2 heterocycles. The SMILES string of the molecule is COc1ccccc1NC(=O)C1=C(C)Nc2ncnn2[C@@H]1c1ccc(OC(F)F)c(OC)c1. The zero-order chi connectivity index (χ0) is 23.5. The summed E-state index contributed by atoms with van der Waals surface area (Å²) in [6.07, 6.45) is 1.36. The van der Waals surface area contributed by atoms with Gasteiger partial charge in [-0.15, -0.1) is 0 Å². The van der Waals surface area contributed by atoms with Gasteiger partial charge < -0.3 is 24.8 Å². The lowest BCUT2D eigenvalue weighted by Crippen LogP contribution is -2.31. The number of para-hydroxylation sites is 2. The number of alkyl halides is 2. The highest BCUT2D eigenvalue weighted by Crippen LogP contribution is 2.39. The van der Waals surface area contributed by atoms with Crippen LogP contribution in [0.15, 0.2) is 60.1 Å². The van der Waals surface area contributed by atoms with Gasteiger partial charge in [-0.3, -0.25) is 4.79 Å². The molecule has 3 aromatic rings. The standard InChI is InChI=1S/C22H21F2N5O4/c1-12-18(20(30)28-14-6-4-5-7-15(14)31-2)19(29-22(27-12)25-11-26-29)13-8-9-16(33-21(23)24)17(10-13)32-3/h4-11,19,21H,1-3H3,(H,28,30)(H,25,26,27)/t19-/m1/s1. The number of rotatable bonds is 7. The van der Waals surface area contributed by atoms with Gasteiger partial charge in [0.05, 0.1) is 25.5 Å². The van der Waals surface area contributed by atoms with Gasteiger partial charge in [-0.05, 0) is 36.8 Å². The van der Waals surface area contributed by atoms with Crippen LogP contribution in [0.3, 0.4) is 0 Å². The van der Waals surface area contributed by atoms with Crippen LogP contribution in [0, 0.1) is 0 Å². The number of ether oxygens (including phenoxy) is 3. The Kier molecular flexibility index (Phi) is 6.11. The summed E-state index contributed by atoms with van der Waals surface area (Å²) < 4.78 is 42.1. The van der Waals surface area contributed by atoms with E-state index in [1.165, 1.54) is 37.4 Å². The molecule has 4 rings (SSSR count). The van der Waals surface area contributed by atoms with Gasteiger partial charge in [0.1, 0.15) is 18.1 Å². The number of carbonyl (C=O) groups excluding carboxylic acids is 1. The Balaban J connectivity index is 1.77. The van der Waals surface area contributed by atoms with Crippen molar-refractivity contribution >= 4 is 17.5 Å². The lowest BCUT2D eigenvalue weighted by Gasteiger charge is -2.29. The molecular formula is C22H21F2N5O4. The molecule has 0 fully saturated rings. The number of benzene rings is 2. The van der Waals surface area contributed by atoms with E-state index in [2.05, 4.69) is 25.5 Å². The molecule has 1 aromatic heterocycles. The van der Waals surface area contributed by atoms with Crippen molar-refractivity contribution in [2.75, 3.05) is 24.9 Å². The molecule has 2 N–H and O–H groups in total. The number of aromatic nitrogens is 3. The summed E-state index contributed by atoms with van der Waals surface area (Å²) >= 11 is 0. The van der Waals surface area contributed by atoms with E-state index < -0.39 is 18.6 Å². The van der Waals surface area contributed by atoms with Gasteiger partial charge in [0.25, 0.3) is 5.91 Å². The first-order valence-electron chi connectivity index (χ1n) is 9.87. The highest BCUT2D eigenvalue weighted by Gasteiger charge is 2.34. The lowest BCUT2D eigenvalue weighted by molar-refractivity contribution is -0.113. The van der Waals surface area contributed by atoms with Crippen molar-refractivity contribution in [2.24, 2.45) is 0 Å². The second-order valence-corrected chi connectivity index (χ2v) is 7.04. The van der Waals surface area contributed by atoms with Crippen LogP contribution in [0.5, 0.6) is 17.2 Å². The van der Waals surface area contributed by atoms with Crippen LogP contribution in [0.1, 0.15) is 18.5 Å². The van der Waals surface area contributed by atoms with E-state index in [0.717, 1.165) is 0 Å². The number of hydrogen-bond donors (Lipinski definition) is 2. The third-order valence-corrected chi connectivity index (χ3v) is 5.11. The van der Waals surface area contributed by atoms with E-state index in [1.807, 2.05) is 0 Å². The number of amides is 1. The molecular weight excluding hydrogens is 436 g/mol. The van der Waals surface area contributed by atoms with Crippen LogP contribution in [-0.2, 0) is 4.79 Å². The fourth-order valence-electron chi connectivity index (χ4n) is 3.68. The van der Waals surface area contributed by atoms with Crippen LogP contribution in [-0.4, -0.2) is 41.5 Å². The van der Waals surface area contributed by atoms with E-state index in [9.17, 15) is 13.6 Å². The Hall–Kier alpha value is -4.15. The van der Waals surface area contributed by atoms with Crippen molar-refractivity contribution in [3.05, 3.63) is 65.6 Å². The van der Waals surface area contributed by atoms with Crippen LogP contribution < -0.4 is 24.8 Å². The number of nitrogens with one attached hydrogen (secondary N) is 2. The third-order valence-electron chi connectivity index (χ3n) is 5.11. The summed E-state index contributed by atoms with van der Waals surface area (Å²) in [7, 11) is 2.86. The maximum atomic E-state index is 13.4. The number of allylic oxidation sites excluding steroid dienone is 1. The summed E-state index contributed by atoms with van der Waals surface area (Å²) in [5, 5.41) is 10.2. The van der Waals surface area contributed by atoms with Gasteiger partial charge in [-0.25, -0.2) is 4.68 Å². The second kappa shape index (κ2) is 9.15. The van der Waals surface area contributed by atoms with Crippen molar-refractivity contribution in [1.29, 1.82) is 0 Å². The summed E-state index contributed by atoms with van der Waals surface area (Å²) in [4.78, 5) is 17.6. The van der Waals surface area contributed by atoms with Crippen LogP contribution in [0.2, 0.25) is 0 Å². The Bertz CT molecular complexity index is 1210. The molecule has 11 heteroatoms. The van der Waals surface area contributed by atoms with E-state index in [-0.39, 0.29) is 11.5 Å². The highest BCUT2D eigenvalue weighted by molar-refractivity contribution is 6.06. The third kappa shape index (κ3) is 4.29. The maximum absolute atomic E-state index is 13.4. The van der Waals surface area contributed by atoms with E-state index >= 15 is 0 Å². The number of carbonyl (C=O) groups is 1. The van der Waals surface area contributed by atoms with Crippen LogP contribution in [0.25, 0.3) is 0 Å². The average Bonchev–Trinajstić information content (AvgIpc) is 3.26. The van der Waals surface area contributed by atoms with Crippen molar-refractivity contribution in [3.8, 4) is 17.2 Å². The topological polar surface area (TPSA) is 99.5 Å². The van der Waals surface area contributed by atoms with Crippen molar-refractivity contribution < 1.29 is 27.8 Å². The van der Waals surface area contributed by atoms with Gasteiger partial charge in [0, 0.05) is 5.70 Å². The number of nitrogens with zero attached hydrogens (tertiary/aromatic N) is 3. The molecule has 0 bridgehead atoms. The minimum absolute atomic E-state index is 0.0927. The molecule has 172 valence electrons. The van der Waals surface area contributed by atoms with Crippen molar-refractivity contribution in [3.63, 3.8) is 0 Å². The Morgan fingerprint density at radius 1 is 1.12 bits per heavy atom. The minimum Gasteiger partial charge on any atom is -0.495 e. The monoisotopic (exact) mass is 457 g/mol. The molecule has 1 aliphatic heterocycles. The van der Waals surface area contributed by atoms with Gasteiger partial charge in [0.15, 0.2) is 11.5 Å². The molecule has 2 aromatic carbocycles. The molecule has 1 amide bonds. The molecule has 0 saturated heterocycles. The van der Waals surface area contributed by atoms with E-state index in [0.29, 0.717) is 34.2 Å². The quantitative estimate of drug-likeness (QED) is 0.556. The normalized spacial score (nSPS) is 15.0. The first-order valence-corrected chi connectivity index (χ1v) is 9.87. The summed E-state index contributed by atoms with van der Waals surface area (Å²) in [6, 6.07) is 10.8. The lowest BCUT2D eigenvalue weighted by atomic mass is 9.94. The summed E-state index contributed by atoms with van der Waals surface area (Å²) in [5.41, 5.74) is 1.96. The number of anilines is 2. The first-order chi connectivity index (χ1) is 15.9. The predicted molar refractivity (Wildman–Crippen MR) is 116 cm³/mol. The Morgan fingerprint density at radius 3 is 2.61 bits per heavy atom. The second-order valence-electron chi connectivity index (χ2n) is 7.04. The Morgan fingerprint density at radius 2 is 1.88 bits per heavy atom. The smallest absolute Gasteiger partial charge is 0.387 e. The van der Waals surface area contributed by atoms with Gasteiger partial charge >= 0.3 is 6.61 Å². The number of methoxy groups -OCH3 is 2. The Labute approximate surface area is 188 Å². The zero-order valence-corrected chi connectivity index (χ0v) is 18.0. The molecule has 1 aliphatic rings. The van der Waals surface area contributed by atoms with E-state index in [4.69, 9.17) is 9.47 Å². The van der Waals surface area contributed by atoms with Crippen LogP contribution >= 0.6 is 0 Å². The zero-order valence-electron chi connectivity index (χ0n) is 18.0. The van der Waals surface area contributed by atoms with Gasteiger partial charge in [0.2, 0.25) is 5.95 Å². The van der Waals surface area contributed by atoms with Crippen LogP contribution in [0.4, 0.5) is 20.4 Å². The molecule has 0 spiro atoms. The van der Waals surface area contributed by atoms with E-state index in [1.54, 1.807) is 37.3 Å². The number of fused-ring (bicyclic) bond motifs is 1. The molecule has 0 saturated carbocycles. The molecule has 0 radical (unpaired) electrons. The molecule has 0 unspecified atom stereocenters. The summed E-state index contributed by atoms with van der Waals surface area (Å²) in [5.74, 6) is 0.502. The predicted octanol–water partition coefficient (Wildman–Crippen LogP) is 3.82. The van der Waals surface area contributed by atoms with Gasteiger partial charge in [-0.2, -0.15) is 18.9 Å². The molecule has 33 heavy (non-hydrogen) atoms.